The third-order valence-corrected chi connectivity index (χ3v) is 13.6. The second-order valence-electron chi connectivity index (χ2n) is 17.8. The highest BCUT2D eigenvalue weighted by molar-refractivity contribution is 6.08. The largest absolute Gasteiger partial charge is 0.310 e. The molecule has 0 radical (unpaired) electrons. The summed E-state index contributed by atoms with van der Waals surface area (Å²) in [6.07, 6.45) is 0. The maximum absolute atomic E-state index is 2.56. The van der Waals surface area contributed by atoms with E-state index in [1.165, 1.54) is 106 Å². The SMILES string of the molecule is CC1(C)c2ccccc2-c2ccc(N(c3ccc4c(c3)C(C)(C)c3ccccc3-4)c3cc4c(c5ccccc35)C(C)(C)c3ccc(-c5ccccc5)cc3-4)cc21. The molecule has 0 aromatic heterocycles. The molecular formula is C55H45N. The van der Waals surface area contributed by atoms with Crippen LogP contribution >= 0.6 is 0 Å². The number of nitrogens with zero attached hydrogens (tertiary/aromatic N) is 1. The lowest BCUT2D eigenvalue weighted by molar-refractivity contribution is 0.660. The molecule has 3 aliphatic carbocycles. The summed E-state index contributed by atoms with van der Waals surface area (Å²) in [4.78, 5) is 2.56. The average Bonchev–Trinajstić information content (AvgIpc) is 3.70. The molecule has 0 atom stereocenters. The third kappa shape index (κ3) is 4.43. The number of fused-ring (bicyclic) bond motifs is 11. The van der Waals surface area contributed by atoms with Crippen LogP contribution in [0.3, 0.4) is 0 Å². The smallest absolute Gasteiger partial charge is 0.0546 e. The molecule has 0 fully saturated rings. The first-order chi connectivity index (χ1) is 27.0. The first kappa shape index (κ1) is 33.2. The molecule has 0 heterocycles. The van der Waals surface area contributed by atoms with Crippen molar-refractivity contribution in [2.24, 2.45) is 0 Å². The van der Waals surface area contributed by atoms with Gasteiger partial charge in [0.2, 0.25) is 0 Å². The summed E-state index contributed by atoms with van der Waals surface area (Å²) >= 11 is 0. The van der Waals surface area contributed by atoms with E-state index in [4.69, 9.17) is 0 Å². The Labute approximate surface area is 330 Å². The van der Waals surface area contributed by atoms with Gasteiger partial charge in [0.1, 0.15) is 0 Å². The quantitative estimate of drug-likeness (QED) is 0.175. The molecule has 3 aliphatic rings. The van der Waals surface area contributed by atoms with Gasteiger partial charge in [-0.2, -0.15) is 0 Å². The van der Waals surface area contributed by atoms with Crippen LogP contribution in [0.1, 0.15) is 74.9 Å². The molecule has 0 spiro atoms. The van der Waals surface area contributed by atoms with E-state index in [-0.39, 0.29) is 16.2 Å². The molecule has 0 unspecified atom stereocenters. The molecule has 0 N–H and O–H groups in total. The van der Waals surface area contributed by atoms with Gasteiger partial charge in [0.15, 0.2) is 0 Å². The van der Waals surface area contributed by atoms with Crippen LogP contribution in [0.2, 0.25) is 0 Å². The van der Waals surface area contributed by atoms with E-state index in [9.17, 15) is 0 Å². The molecule has 0 bridgehead atoms. The summed E-state index contributed by atoms with van der Waals surface area (Å²) in [6, 6.07) is 61.9. The van der Waals surface area contributed by atoms with E-state index in [1.807, 2.05) is 0 Å². The molecule has 270 valence electrons. The zero-order chi connectivity index (χ0) is 38.1. The Kier molecular flexibility index (Phi) is 6.77. The molecule has 0 aliphatic heterocycles. The number of rotatable bonds is 4. The van der Waals surface area contributed by atoms with Crippen molar-refractivity contribution >= 4 is 27.8 Å². The van der Waals surface area contributed by atoms with Gasteiger partial charge < -0.3 is 4.90 Å². The lowest BCUT2D eigenvalue weighted by Gasteiger charge is -2.32. The van der Waals surface area contributed by atoms with Gasteiger partial charge in [0.05, 0.1) is 5.69 Å². The van der Waals surface area contributed by atoms with Crippen molar-refractivity contribution < 1.29 is 0 Å². The summed E-state index contributed by atoms with van der Waals surface area (Å²) in [6.45, 7) is 14.3. The van der Waals surface area contributed by atoms with Crippen LogP contribution in [-0.4, -0.2) is 0 Å². The molecule has 1 heteroatoms. The number of hydrogen-bond acceptors (Lipinski definition) is 1. The van der Waals surface area contributed by atoms with Gasteiger partial charge in [-0.05, 0) is 120 Å². The fraction of sp³-hybridized carbons (Fsp3) is 0.164. The molecule has 8 aromatic rings. The monoisotopic (exact) mass is 719 g/mol. The fourth-order valence-electron chi connectivity index (χ4n) is 10.8. The van der Waals surface area contributed by atoms with Crippen molar-refractivity contribution in [3.63, 3.8) is 0 Å². The van der Waals surface area contributed by atoms with E-state index >= 15 is 0 Å². The van der Waals surface area contributed by atoms with Gasteiger partial charge in [-0.3, -0.25) is 0 Å². The standard InChI is InChI=1S/C55H45N/c1-53(2)46-22-14-12-18-38(46)40-27-25-36(31-49(40)53)56(37-26-28-41-39-19-13-15-23-47(39)54(3,4)50(41)32-37)51-33-45-44-30-35(34-16-8-7-9-17-34)24-29-48(44)55(5,6)52(45)43-21-11-10-20-42(43)51/h7-33H,1-6H3. The maximum atomic E-state index is 2.56. The predicted octanol–water partition coefficient (Wildman–Crippen LogP) is 14.9. The van der Waals surface area contributed by atoms with Gasteiger partial charge >= 0.3 is 0 Å². The molecule has 1 nitrogen and oxygen atoms in total. The molecule has 0 saturated carbocycles. The van der Waals surface area contributed by atoms with Gasteiger partial charge in [0.25, 0.3) is 0 Å². The number of anilines is 3. The summed E-state index contributed by atoms with van der Waals surface area (Å²) in [7, 11) is 0. The lowest BCUT2D eigenvalue weighted by Crippen LogP contribution is -2.19. The van der Waals surface area contributed by atoms with Gasteiger partial charge in [-0.25, -0.2) is 0 Å². The Morgan fingerprint density at radius 3 is 1.43 bits per heavy atom. The summed E-state index contributed by atoms with van der Waals surface area (Å²) in [5, 5.41) is 2.58. The topological polar surface area (TPSA) is 3.24 Å². The zero-order valence-electron chi connectivity index (χ0n) is 33.0. The minimum atomic E-state index is -0.157. The van der Waals surface area contributed by atoms with Crippen LogP contribution in [0.4, 0.5) is 17.1 Å². The lowest BCUT2D eigenvalue weighted by atomic mass is 9.79. The van der Waals surface area contributed by atoms with Crippen LogP contribution in [0.15, 0.2) is 164 Å². The van der Waals surface area contributed by atoms with E-state index in [1.54, 1.807) is 0 Å². The van der Waals surface area contributed by atoms with Crippen LogP contribution in [-0.2, 0) is 16.2 Å². The molecule has 0 amide bonds. The molecule has 0 saturated heterocycles. The Morgan fingerprint density at radius 1 is 0.321 bits per heavy atom. The molecule has 11 rings (SSSR count). The van der Waals surface area contributed by atoms with Crippen LogP contribution in [0, 0.1) is 0 Å². The Hall–Kier alpha value is -6.18. The van der Waals surface area contributed by atoms with E-state index in [2.05, 4.69) is 210 Å². The Bertz CT molecular complexity index is 2830. The maximum Gasteiger partial charge on any atom is 0.0546 e. The Balaban J connectivity index is 1.19. The second-order valence-corrected chi connectivity index (χ2v) is 17.8. The summed E-state index contributed by atoms with van der Waals surface area (Å²) in [5.74, 6) is 0. The highest BCUT2D eigenvalue weighted by atomic mass is 15.1. The van der Waals surface area contributed by atoms with Crippen molar-refractivity contribution in [2.45, 2.75) is 57.8 Å². The molecular weight excluding hydrogens is 675 g/mol. The van der Waals surface area contributed by atoms with E-state index in [0.29, 0.717) is 0 Å². The van der Waals surface area contributed by atoms with Crippen LogP contribution in [0.25, 0.3) is 55.3 Å². The zero-order valence-corrected chi connectivity index (χ0v) is 33.0. The van der Waals surface area contributed by atoms with Crippen molar-refractivity contribution in [3.05, 3.63) is 197 Å². The van der Waals surface area contributed by atoms with E-state index < -0.39 is 0 Å². The van der Waals surface area contributed by atoms with Gasteiger partial charge in [0, 0.05) is 33.0 Å². The highest BCUT2D eigenvalue weighted by Crippen LogP contribution is 2.57. The van der Waals surface area contributed by atoms with E-state index in [0.717, 1.165) is 0 Å². The van der Waals surface area contributed by atoms with Crippen molar-refractivity contribution in [1.29, 1.82) is 0 Å². The first-order valence-electron chi connectivity index (χ1n) is 20.1. The molecule has 56 heavy (non-hydrogen) atoms. The van der Waals surface area contributed by atoms with Gasteiger partial charge in [-0.1, -0.05) is 169 Å². The van der Waals surface area contributed by atoms with Gasteiger partial charge in [-0.15, -0.1) is 0 Å². The van der Waals surface area contributed by atoms with Crippen molar-refractivity contribution in [1.82, 2.24) is 0 Å². The van der Waals surface area contributed by atoms with Crippen molar-refractivity contribution in [3.8, 4) is 44.5 Å². The highest BCUT2D eigenvalue weighted by Gasteiger charge is 2.40. The second kappa shape index (κ2) is 11.4. The van der Waals surface area contributed by atoms with Crippen molar-refractivity contribution in [2.75, 3.05) is 4.90 Å². The minimum absolute atomic E-state index is 0.119. The summed E-state index contributed by atoms with van der Waals surface area (Å²) in [5.41, 5.74) is 22.0. The predicted molar refractivity (Wildman–Crippen MR) is 237 cm³/mol. The minimum Gasteiger partial charge on any atom is -0.310 e. The Morgan fingerprint density at radius 2 is 0.821 bits per heavy atom. The summed E-state index contributed by atoms with van der Waals surface area (Å²) < 4.78 is 0. The third-order valence-electron chi connectivity index (χ3n) is 13.6. The number of benzene rings is 8. The average molecular weight is 720 g/mol. The van der Waals surface area contributed by atoms with Crippen LogP contribution in [0.5, 0.6) is 0 Å². The normalized spacial score (nSPS) is 15.8. The van der Waals surface area contributed by atoms with Crippen LogP contribution < -0.4 is 4.90 Å². The number of hydrogen-bond donors (Lipinski definition) is 0. The fourth-order valence-corrected chi connectivity index (χ4v) is 10.8. The first-order valence-corrected chi connectivity index (χ1v) is 20.1. The molecule has 8 aromatic carbocycles.